The Balaban J connectivity index is 2.14. The topological polar surface area (TPSA) is 97.3 Å². The van der Waals surface area contributed by atoms with Crippen LogP contribution in [0.15, 0.2) is 30.3 Å². The van der Waals surface area contributed by atoms with Gasteiger partial charge in [-0.2, -0.15) is 0 Å². The molecule has 0 amide bonds. The van der Waals surface area contributed by atoms with Gasteiger partial charge in [-0.1, -0.05) is 6.07 Å². The van der Waals surface area contributed by atoms with Gasteiger partial charge in [-0.05, 0) is 30.2 Å². The highest BCUT2D eigenvalue weighted by molar-refractivity contribution is 5.74. The molecule has 1 aromatic carbocycles. The summed E-state index contributed by atoms with van der Waals surface area (Å²) in [5.74, 6) is 5.37. The normalized spacial score (nSPS) is 13.1. The molecule has 7 nitrogen and oxygen atoms in total. The number of pyridine rings is 1. The van der Waals surface area contributed by atoms with Crippen molar-refractivity contribution in [2.75, 3.05) is 16.9 Å². The van der Waals surface area contributed by atoms with Crippen molar-refractivity contribution in [3.05, 3.63) is 51.8 Å². The molecule has 0 bridgehead atoms. The molecule has 0 unspecified atom stereocenters. The first-order valence-corrected chi connectivity index (χ1v) is 6.28. The lowest BCUT2D eigenvalue weighted by atomic mass is 10.2. The van der Waals surface area contributed by atoms with Crippen LogP contribution in [0, 0.1) is 15.9 Å². The standard InChI is InChI=1S/C13H12FN5O2/c14-9-2-1-8-5-6-18(11(8)7-9)13-10(19(20)21)3-4-12(16-13)17-15/h1-4,7H,5-6,15H2,(H,16,17). The Bertz CT molecular complexity index is 722. The molecule has 0 aliphatic carbocycles. The Hall–Kier alpha value is -2.74. The number of hydrogen-bond donors (Lipinski definition) is 2. The van der Waals surface area contributed by atoms with Gasteiger partial charge < -0.3 is 10.3 Å². The van der Waals surface area contributed by atoms with Gasteiger partial charge in [-0.15, -0.1) is 0 Å². The predicted molar refractivity (Wildman–Crippen MR) is 75.8 cm³/mol. The molecule has 0 fully saturated rings. The number of benzene rings is 1. The van der Waals surface area contributed by atoms with Gasteiger partial charge in [-0.3, -0.25) is 10.1 Å². The summed E-state index contributed by atoms with van der Waals surface area (Å²) in [5.41, 5.74) is 3.74. The Morgan fingerprint density at radius 2 is 2.19 bits per heavy atom. The highest BCUT2D eigenvalue weighted by atomic mass is 19.1. The number of nitrogens with two attached hydrogens (primary N) is 1. The van der Waals surface area contributed by atoms with Gasteiger partial charge in [0.25, 0.3) is 0 Å². The van der Waals surface area contributed by atoms with Gasteiger partial charge in [0, 0.05) is 18.3 Å². The highest BCUT2D eigenvalue weighted by Crippen LogP contribution is 2.38. The number of aromatic nitrogens is 1. The maximum absolute atomic E-state index is 13.4. The van der Waals surface area contributed by atoms with Crippen molar-refractivity contribution in [3.63, 3.8) is 0 Å². The Kier molecular flexibility index (Phi) is 3.15. The summed E-state index contributed by atoms with van der Waals surface area (Å²) < 4.78 is 13.4. The van der Waals surface area contributed by atoms with Crippen LogP contribution in [-0.2, 0) is 6.42 Å². The first-order chi connectivity index (χ1) is 10.1. The molecule has 21 heavy (non-hydrogen) atoms. The highest BCUT2D eigenvalue weighted by Gasteiger charge is 2.28. The largest absolute Gasteiger partial charge is 0.320 e. The van der Waals surface area contributed by atoms with E-state index in [0.29, 0.717) is 24.5 Å². The fourth-order valence-electron chi connectivity index (χ4n) is 2.43. The van der Waals surface area contributed by atoms with Crippen LogP contribution in [0.4, 0.5) is 27.4 Å². The average molecular weight is 289 g/mol. The molecule has 1 aliphatic rings. The van der Waals surface area contributed by atoms with Crippen molar-refractivity contribution in [3.8, 4) is 0 Å². The molecule has 0 spiro atoms. The van der Waals surface area contributed by atoms with Gasteiger partial charge in [0.2, 0.25) is 5.82 Å². The summed E-state index contributed by atoms with van der Waals surface area (Å²) in [4.78, 5) is 16.4. The SMILES string of the molecule is NNc1ccc([N+](=O)[O-])c(N2CCc3ccc(F)cc32)n1. The molecule has 1 aliphatic heterocycles. The molecule has 108 valence electrons. The van der Waals surface area contributed by atoms with E-state index in [0.717, 1.165) is 5.56 Å². The van der Waals surface area contributed by atoms with E-state index in [9.17, 15) is 14.5 Å². The smallest absolute Gasteiger partial charge is 0.312 e. The molecule has 0 saturated carbocycles. The van der Waals surface area contributed by atoms with E-state index in [1.165, 1.54) is 24.3 Å². The fourth-order valence-corrected chi connectivity index (χ4v) is 2.43. The summed E-state index contributed by atoms with van der Waals surface area (Å²) in [6.07, 6.45) is 0.675. The molecule has 1 aromatic heterocycles. The minimum absolute atomic E-state index is 0.147. The van der Waals surface area contributed by atoms with E-state index in [4.69, 9.17) is 5.84 Å². The minimum Gasteiger partial charge on any atom is -0.320 e. The van der Waals surface area contributed by atoms with E-state index in [1.54, 1.807) is 11.0 Å². The van der Waals surface area contributed by atoms with Crippen LogP contribution < -0.4 is 16.2 Å². The maximum atomic E-state index is 13.4. The minimum atomic E-state index is -0.514. The Labute approximate surface area is 119 Å². The van der Waals surface area contributed by atoms with Crippen LogP contribution in [0.1, 0.15) is 5.56 Å². The number of rotatable bonds is 3. The molecule has 2 aromatic rings. The summed E-state index contributed by atoms with van der Waals surface area (Å²) >= 11 is 0. The number of nitrogen functional groups attached to an aromatic ring is 1. The zero-order chi connectivity index (χ0) is 15.0. The van der Waals surface area contributed by atoms with Crippen molar-refractivity contribution in [1.82, 2.24) is 4.98 Å². The van der Waals surface area contributed by atoms with Crippen LogP contribution in [0.2, 0.25) is 0 Å². The lowest BCUT2D eigenvalue weighted by Gasteiger charge is -2.18. The van der Waals surface area contributed by atoms with E-state index in [1.807, 2.05) is 0 Å². The lowest BCUT2D eigenvalue weighted by Crippen LogP contribution is -2.18. The first kappa shape index (κ1) is 13.3. The number of nitrogens with zero attached hydrogens (tertiary/aromatic N) is 3. The maximum Gasteiger partial charge on any atom is 0.312 e. The zero-order valence-electron chi connectivity index (χ0n) is 10.9. The van der Waals surface area contributed by atoms with Crippen LogP contribution in [-0.4, -0.2) is 16.5 Å². The molecular formula is C13H12FN5O2. The number of fused-ring (bicyclic) bond motifs is 1. The summed E-state index contributed by atoms with van der Waals surface area (Å²) in [5, 5.41) is 11.2. The Morgan fingerprint density at radius 1 is 1.38 bits per heavy atom. The molecule has 0 radical (unpaired) electrons. The van der Waals surface area contributed by atoms with Crippen molar-refractivity contribution in [2.24, 2.45) is 5.84 Å². The van der Waals surface area contributed by atoms with Gasteiger partial charge in [-0.25, -0.2) is 15.2 Å². The van der Waals surface area contributed by atoms with E-state index < -0.39 is 10.7 Å². The molecule has 8 heteroatoms. The Morgan fingerprint density at radius 3 is 2.90 bits per heavy atom. The van der Waals surface area contributed by atoms with Gasteiger partial charge in [0.1, 0.15) is 11.6 Å². The monoisotopic (exact) mass is 289 g/mol. The van der Waals surface area contributed by atoms with Gasteiger partial charge in [0.05, 0.1) is 4.92 Å². The average Bonchev–Trinajstić information content (AvgIpc) is 2.89. The quantitative estimate of drug-likeness (QED) is 0.510. The van der Waals surface area contributed by atoms with Crippen molar-refractivity contribution < 1.29 is 9.31 Å². The molecular weight excluding hydrogens is 277 g/mol. The predicted octanol–water partition coefficient (Wildman–Crippen LogP) is 2.11. The third-order valence-electron chi connectivity index (χ3n) is 3.40. The molecule has 3 rings (SSSR count). The van der Waals surface area contributed by atoms with Crippen LogP contribution in [0.3, 0.4) is 0 Å². The van der Waals surface area contributed by atoms with Gasteiger partial charge >= 0.3 is 5.69 Å². The van der Waals surface area contributed by atoms with Crippen LogP contribution in [0.25, 0.3) is 0 Å². The molecule has 3 N–H and O–H groups in total. The van der Waals surface area contributed by atoms with E-state index in [-0.39, 0.29) is 11.5 Å². The number of hydrazine groups is 1. The number of halogens is 1. The number of anilines is 3. The first-order valence-electron chi connectivity index (χ1n) is 6.28. The van der Waals surface area contributed by atoms with Crippen molar-refractivity contribution in [1.29, 1.82) is 0 Å². The molecule has 2 heterocycles. The third-order valence-corrected chi connectivity index (χ3v) is 3.40. The number of hydrogen-bond acceptors (Lipinski definition) is 6. The van der Waals surface area contributed by atoms with Crippen molar-refractivity contribution in [2.45, 2.75) is 6.42 Å². The second-order valence-corrected chi connectivity index (χ2v) is 4.62. The summed E-state index contributed by atoms with van der Waals surface area (Å²) in [7, 11) is 0. The van der Waals surface area contributed by atoms with Crippen molar-refractivity contribution >= 4 is 23.0 Å². The third kappa shape index (κ3) is 2.25. The zero-order valence-corrected chi connectivity index (χ0v) is 10.9. The van der Waals surface area contributed by atoms with Gasteiger partial charge in [0.15, 0.2) is 0 Å². The van der Waals surface area contributed by atoms with E-state index in [2.05, 4.69) is 10.4 Å². The summed E-state index contributed by atoms with van der Waals surface area (Å²) in [6.45, 7) is 0.501. The second-order valence-electron chi connectivity index (χ2n) is 4.62. The summed E-state index contributed by atoms with van der Waals surface area (Å²) in [6, 6.07) is 7.17. The molecule has 0 saturated heterocycles. The van der Waals surface area contributed by atoms with Crippen LogP contribution >= 0.6 is 0 Å². The lowest BCUT2D eigenvalue weighted by molar-refractivity contribution is -0.384. The van der Waals surface area contributed by atoms with Crippen LogP contribution in [0.5, 0.6) is 0 Å². The van der Waals surface area contributed by atoms with E-state index >= 15 is 0 Å². The molecule has 0 atom stereocenters. The fraction of sp³-hybridized carbons (Fsp3) is 0.154. The number of nitrogens with one attached hydrogen (secondary N) is 1. The number of nitro groups is 1. The second kappa shape index (κ2) is 4.98.